The fraction of sp³-hybridized carbons (Fsp3) is 0.480. The van der Waals surface area contributed by atoms with Crippen LogP contribution in [0.1, 0.15) is 61.1 Å². The van der Waals surface area contributed by atoms with Crippen molar-refractivity contribution in [3.8, 4) is 5.75 Å². The highest BCUT2D eigenvalue weighted by molar-refractivity contribution is 7.89. The topological polar surface area (TPSA) is 87.7 Å². The van der Waals surface area contributed by atoms with Crippen LogP contribution in [0.3, 0.4) is 0 Å². The number of likely N-dealkylation sites (tertiary alicyclic amines) is 1. The molecule has 7 nitrogen and oxygen atoms in total. The Morgan fingerprint density at radius 3 is 2.45 bits per heavy atom. The Hall–Kier alpha value is -2.42. The van der Waals surface area contributed by atoms with E-state index in [1.165, 1.54) is 12.1 Å². The second-order valence-corrected chi connectivity index (χ2v) is 11.3. The second kappa shape index (κ2) is 10.2. The number of aryl methyl sites for hydroxylation is 1. The van der Waals surface area contributed by atoms with E-state index < -0.39 is 15.6 Å². The molecule has 1 aliphatic rings. The first-order valence-corrected chi connectivity index (χ1v) is 12.8. The van der Waals surface area contributed by atoms with Crippen molar-refractivity contribution in [2.45, 2.75) is 57.0 Å². The van der Waals surface area contributed by atoms with E-state index in [9.17, 15) is 13.2 Å². The highest BCUT2D eigenvalue weighted by Gasteiger charge is 2.26. The largest absolute Gasteiger partial charge is 0.497 e. The predicted molar refractivity (Wildman–Crippen MR) is 130 cm³/mol. The smallest absolute Gasteiger partial charge is 0.251 e. The summed E-state index contributed by atoms with van der Waals surface area (Å²) in [7, 11) is -2.09. The van der Waals surface area contributed by atoms with Gasteiger partial charge in [-0.15, -0.1) is 0 Å². The minimum absolute atomic E-state index is 0.0151. The molecule has 3 rings (SSSR count). The number of methoxy groups -OCH3 is 1. The highest BCUT2D eigenvalue weighted by Crippen LogP contribution is 2.27. The molecule has 2 aromatic carbocycles. The first kappa shape index (κ1) is 25.2. The molecule has 1 heterocycles. The minimum atomic E-state index is -3.74. The molecule has 2 N–H and O–H groups in total. The number of hydrogen-bond acceptors (Lipinski definition) is 5. The van der Waals surface area contributed by atoms with Crippen LogP contribution in [0, 0.1) is 6.92 Å². The van der Waals surface area contributed by atoms with Crippen LogP contribution >= 0.6 is 0 Å². The molecule has 1 atom stereocenters. The van der Waals surface area contributed by atoms with Gasteiger partial charge in [0.25, 0.3) is 5.91 Å². The Morgan fingerprint density at radius 2 is 1.82 bits per heavy atom. The van der Waals surface area contributed by atoms with E-state index in [-0.39, 0.29) is 16.8 Å². The first-order valence-electron chi connectivity index (χ1n) is 11.3. The Labute approximate surface area is 197 Å². The molecule has 0 aliphatic carbocycles. The Bertz CT molecular complexity index is 1090. The molecule has 1 amide bonds. The van der Waals surface area contributed by atoms with Crippen LogP contribution < -0.4 is 14.8 Å². The number of carbonyl (C=O) groups is 1. The van der Waals surface area contributed by atoms with Crippen molar-refractivity contribution in [2.75, 3.05) is 26.7 Å². The Morgan fingerprint density at radius 1 is 1.12 bits per heavy atom. The summed E-state index contributed by atoms with van der Waals surface area (Å²) in [4.78, 5) is 15.6. The zero-order chi connectivity index (χ0) is 24.2. The average Bonchev–Trinajstić information content (AvgIpc) is 3.27. The molecular weight excluding hydrogens is 438 g/mol. The number of carbonyl (C=O) groups excluding carboxylic acids is 1. The molecule has 0 saturated carbocycles. The lowest BCUT2D eigenvalue weighted by Gasteiger charge is -2.28. The van der Waals surface area contributed by atoms with E-state index in [4.69, 9.17) is 4.74 Å². The van der Waals surface area contributed by atoms with Crippen molar-refractivity contribution in [3.63, 3.8) is 0 Å². The molecule has 0 radical (unpaired) electrons. The summed E-state index contributed by atoms with van der Waals surface area (Å²) in [5.74, 6) is 0.496. The predicted octanol–water partition coefficient (Wildman–Crippen LogP) is 3.65. The van der Waals surface area contributed by atoms with E-state index in [2.05, 4.69) is 14.9 Å². The average molecular weight is 474 g/mol. The van der Waals surface area contributed by atoms with Crippen molar-refractivity contribution < 1.29 is 17.9 Å². The number of nitrogens with one attached hydrogen (secondary N) is 2. The fourth-order valence-corrected chi connectivity index (χ4v) is 5.56. The third-order valence-electron chi connectivity index (χ3n) is 5.72. The van der Waals surface area contributed by atoms with Crippen molar-refractivity contribution in [2.24, 2.45) is 0 Å². The lowest BCUT2D eigenvalue weighted by Crippen LogP contribution is -2.40. The zero-order valence-electron chi connectivity index (χ0n) is 20.1. The van der Waals surface area contributed by atoms with E-state index in [1.807, 2.05) is 31.2 Å². The quantitative estimate of drug-likeness (QED) is 0.611. The van der Waals surface area contributed by atoms with Crippen LogP contribution in [-0.4, -0.2) is 51.5 Å². The molecule has 0 aromatic heterocycles. The van der Waals surface area contributed by atoms with Gasteiger partial charge < -0.3 is 10.1 Å². The monoisotopic (exact) mass is 473 g/mol. The standard InChI is InChI=1S/C25H35N3O4S/c1-18-11-12-21(33(30,31)27-25(2,3)4)16-22(18)24(29)26-17-23(28-13-6-7-14-28)19-9-8-10-20(15-19)32-5/h8-12,15-16,23,27H,6-7,13-14,17H2,1-5H3,(H,26,29)/t23-/m1/s1. The second-order valence-electron chi connectivity index (χ2n) is 9.58. The van der Waals surface area contributed by atoms with Crippen LogP contribution in [0.2, 0.25) is 0 Å². The maximum atomic E-state index is 13.1. The van der Waals surface area contributed by atoms with Crippen molar-refractivity contribution in [3.05, 3.63) is 59.2 Å². The summed E-state index contributed by atoms with van der Waals surface area (Å²) in [5.41, 5.74) is 1.55. The molecule has 1 fully saturated rings. The Balaban J connectivity index is 1.81. The van der Waals surface area contributed by atoms with Gasteiger partial charge in [0.05, 0.1) is 18.0 Å². The van der Waals surface area contributed by atoms with Gasteiger partial charge in [-0.05, 0) is 89.0 Å². The number of sulfonamides is 1. The third-order valence-corrected chi connectivity index (χ3v) is 7.48. The molecule has 2 aromatic rings. The summed E-state index contributed by atoms with van der Waals surface area (Å²) >= 11 is 0. The first-order chi connectivity index (χ1) is 15.5. The van der Waals surface area contributed by atoms with Gasteiger partial charge in [0, 0.05) is 17.6 Å². The minimum Gasteiger partial charge on any atom is -0.497 e. The van der Waals surface area contributed by atoms with Crippen LogP contribution in [0.15, 0.2) is 47.4 Å². The number of rotatable bonds is 8. The molecule has 180 valence electrons. The van der Waals surface area contributed by atoms with Gasteiger partial charge in [0.15, 0.2) is 0 Å². The molecule has 0 bridgehead atoms. The van der Waals surface area contributed by atoms with E-state index >= 15 is 0 Å². The maximum Gasteiger partial charge on any atom is 0.251 e. The highest BCUT2D eigenvalue weighted by atomic mass is 32.2. The van der Waals surface area contributed by atoms with Crippen molar-refractivity contribution >= 4 is 15.9 Å². The zero-order valence-corrected chi connectivity index (χ0v) is 21.0. The lowest BCUT2D eigenvalue weighted by molar-refractivity contribution is 0.0937. The third kappa shape index (κ3) is 6.56. The number of ether oxygens (including phenoxy) is 1. The summed E-state index contributed by atoms with van der Waals surface area (Å²) in [5, 5.41) is 3.04. The number of nitrogens with zero attached hydrogens (tertiary/aromatic N) is 1. The molecule has 33 heavy (non-hydrogen) atoms. The van der Waals surface area contributed by atoms with E-state index in [0.717, 1.165) is 42.8 Å². The van der Waals surface area contributed by atoms with Crippen LogP contribution in [0.5, 0.6) is 5.75 Å². The number of hydrogen-bond donors (Lipinski definition) is 2. The fourth-order valence-electron chi connectivity index (χ4n) is 4.12. The van der Waals surface area contributed by atoms with E-state index in [0.29, 0.717) is 12.1 Å². The number of amides is 1. The SMILES string of the molecule is COc1cccc([C@@H](CNC(=O)c2cc(S(=O)(=O)NC(C)(C)C)ccc2C)N2CCCC2)c1. The molecule has 0 spiro atoms. The van der Waals surface area contributed by atoms with Crippen molar-refractivity contribution in [1.82, 2.24) is 14.9 Å². The maximum absolute atomic E-state index is 13.1. The van der Waals surface area contributed by atoms with Gasteiger partial charge in [-0.1, -0.05) is 18.2 Å². The van der Waals surface area contributed by atoms with Gasteiger partial charge in [-0.25, -0.2) is 13.1 Å². The van der Waals surface area contributed by atoms with Gasteiger partial charge in [0.1, 0.15) is 5.75 Å². The number of benzene rings is 2. The van der Waals surface area contributed by atoms with Gasteiger partial charge in [-0.2, -0.15) is 0 Å². The molecular formula is C25H35N3O4S. The summed E-state index contributed by atoms with van der Waals surface area (Å²) in [6.45, 7) is 9.52. The van der Waals surface area contributed by atoms with E-state index in [1.54, 1.807) is 33.9 Å². The van der Waals surface area contributed by atoms with Crippen LogP contribution in [0.25, 0.3) is 0 Å². The molecule has 1 saturated heterocycles. The normalized spacial score (nSPS) is 15.9. The van der Waals surface area contributed by atoms with Gasteiger partial charge in [0.2, 0.25) is 10.0 Å². The lowest BCUT2D eigenvalue weighted by atomic mass is 10.0. The Kier molecular flexibility index (Phi) is 7.82. The summed E-state index contributed by atoms with van der Waals surface area (Å²) < 4.78 is 33.5. The summed E-state index contributed by atoms with van der Waals surface area (Å²) in [6, 6.07) is 12.6. The van der Waals surface area contributed by atoms with Crippen molar-refractivity contribution in [1.29, 1.82) is 0 Å². The van der Waals surface area contributed by atoms with Gasteiger partial charge in [-0.3, -0.25) is 9.69 Å². The van der Waals surface area contributed by atoms with Crippen LogP contribution in [-0.2, 0) is 10.0 Å². The molecule has 0 unspecified atom stereocenters. The molecule has 8 heteroatoms. The summed E-state index contributed by atoms with van der Waals surface area (Å²) in [6.07, 6.45) is 2.27. The molecule has 1 aliphatic heterocycles. The van der Waals surface area contributed by atoms with Gasteiger partial charge >= 0.3 is 0 Å². The van der Waals surface area contributed by atoms with Crippen LogP contribution in [0.4, 0.5) is 0 Å².